The third kappa shape index (κ3) is 3.39. The molecule has 0 aliphatic rings. The van der Waals surface area contributed by atoms with Gasteiger partial charge in [0.2, 0.25) is 0 Å². The first-order valence-corrected chi connectivity index (χ1v) is 12.3. The predicted molar refractivity (Wildman–Crippen MR) is 152 cm³/mol. The number of benzene rings is 5. The highest BCUT2D eigenvalue weighted by Crippen LogP contribution is 2.42. The summed E-state index contributed by atoms with van der Waals surface area (Å²) in [6, 6.07) is 42.7. The molecule has 0 radical (unpaired) electrons. The number of para-hydroxylation sites is 1. The normalized spacial score (nSPS) is 11.2. The second-order valence-corrected chi connectivity index (χ2v) is 9.21. The number of hydrogen-bond donors (Lipinski definition) is 0. The summed E-state index contributed by atoms with van der Waals surface area (Å²) in [5.41, 5.74) is 8.33. The zero-order valence-electron chi connectivity index (χ0n) is 20.0. The predicted octanol–water partition coefficient (Wildman–Crippen LogP) is 8.54. The van der Waals surface area contributed by atoms with Crippen molar-refractivity contribution in [2.75, 3.05) is 0 Å². The van der Waals surface area contributed by atoms with Crippen molar-refractivity contribution < 1.29 is 0 Å². The van der Waals surface area contributed by atoms with Crippen LogP contribution in [0.2, 0.25) is 0 Å². The van der Waals surface area contributed by atoms with Gasteiger partial charge in [-0.25, -0.2) is 0 Å². The van der Waals surface area contributed by atoms with Gasteiger partial charge in [-0.2, -0.15) is 5.26 Å². The Kier molecular flexibility index (Phi) is 4.84. The zero-order chi connectivity index (χ0) is 24.8. The average molecular weight is 472 g/mol. The molecule has 0 spiro atoms. The van der Waals surface area contributed by atoms with Gasteiger partial charge in [0.15, 0.2) is 0 Å². The molecule has 3 heteroatoms. The Morgan fingerprint density at radius 1 is 0.568 bits per heavy atom. The Morgan fingerprint density at radius 2 is 1.30 bits per heavy atom. The molecular formula is C34H21N3. The maximum atomic E-state index is 9.51. The van der Waals surface area contributed by atoms with Crippen LogP contribution in [0.4, 0.5) is 0 Å². The van der Waals surface area contributed by atoms with Crippen LogP contribution in [0, 0.1) is 11.3 Å². The van der Waals surface area contributed by atoms with Crippen LogP contribution >= 0.6 is 0 Å². The van der Waals surface area contributed by atoms with Crippen LogP contribution in [0.3, 0.4) is 0 Å². The molecule has 0 N–H and O–H groups in total. The Labute approximate surface area is 214 Å². The van der Waals surface area contributed by atoms with Gasteiger partial charge in [-0.1, -0.05) is 84.9 Å². The summed E-state index contributed by atoms with van der Waals surface area (Å²) >= 11 is 0. The summed E-state index contributed by atoms with van der Waals surface area (Å²) in [6.45, 7) is 0. The van der Waals surface area contributed by atoms with E-state index in [0.717, 1.165) is 33.2 Å². The number of fused-ring (bicyclic) bond motifs is 5. The highest BCUT2D eigenvalue weighted by molar-refractivity contribution is 6.24. The lowest BCUT2D eigenvalue weighted by Gasteiger charge is -2.12. The van der Waals surface area contributed by atoms with E-state index in [0.29, 0.717) is 5.56 Å². The monoisotopic (exact) mass is 471 g/mol. The molecule has 0 atom stereocenters. The van der Waals surface area contributed by atoms with E-state index in [1.54, 1.807) is 6.20 Å². The van der Waals surface area contributed by atoms with E-state index in [9.17, 15) is 5.26 Å². The minimum absolute atomic E-state index is 0.554. The maximum absolute atomic E-state index is 9.51. The summed E-state index contributed by atoms with van der Waals surface area (Å²) in [4.78, 5) is 4.36. The van der Waals surface area contributed by atoms with Gasteiger partial charge in [-0.3, -0.25) is 4.98 Å². The molecule has 37 heavy (non-hydrogen) atoms. The number of aromatic nitrogens is 2. The molecule has 0 unspecified atom stereocenters. The Balaban J connectivity index is 1.65. The van der Waals surface area contributed by atoms with E-state index in [-0.39, 0.29) is 0 Å². The molecule has 0 saturated carbocycles. The quantitative estimate of drug-likeness (QED) is 0.259. The topological polar surface area (TPSA) is 41.6 Å². The first-order chi connectivity index (χ1) is 18.3. The Bertz CT molecular complexity index is 1980. The highest BCUT2D eigenvalue weighted by atomic mass is 15.0. The first-order valence-electron chi connectivity index (χ1n) is 12.3. The fourth-order valence-electron chi connectivity index (χ4n) is 5.43. The fraction of sp³-hybridized carbons (Fsp3) is 0. The van der Waals surface area contributed by atoms with Gasteiger partial charge in [0.1, 0.15) is 6.07 Å². The third-order valence-electron chi connectivity index (χ3n) is 7.07. The molecule has 172 valence electrons. The van der Waals surface area contributed by atoms with Crippen molar-refractivity contribution in [3.8, 4) is 34.0 Å². The third-order valence-corrected chi connectivity index (χ3v) is 7.07. The molecular weight excluding hydrogens is 450 g/mol. The highest BCUT2D eigenvalue weighted by Gasteiger charge is 2.18. The van der Waals surface area contributed by atoms with Crippen molar-refractivity contribution >= 4 is 32.6 Å². The van der Waals surface area contributed by atoms with E-state index in [4.69, 9.17) is 0 Å². The first kappa shape index (κ1) is 21.1. The molecule has 2 aromatic heterocycles. The minimum atomic E-state index is 0.554. The van der Waals surface area contributed by atoms with Crippen LogP contribution in [-0.2, 0) is 0 Å². The van der Waals surface area contributed by atoms with Crippen LogP contribution in [0.15, 0.2) is 128 Å². The zero-order valence-corrected chi connectivity index (χ0v) is 20.0. The van der Waals surface area contributed by atoms with Crippen molar-refractivity contribution in [1.29, 1.82) is 5.26 Å². The fourth-order valence-corrected chi connectivity index (χ4v) is 5.43. The molecule has 7 rings (SSSR count). The van der Waals surface area contributed by atoms with Gasteiger partial charge < -0.3 is 4.57 Å². The van der Waals surface area contributed by atoms with Crippen molar-refractivity contribution in [3.63, 3.8) is 0 Å². The molecule has 0 fully saturated rings. The van der Waals surface area contributed by atoms with E-state index in [1.807, 2.05) is 24.4 Å². The lowest BCUT2D eigenvalue weighted by Crippen LogP contribution is -1.94. The molecule has 0 saturated heterocycles. The van der Waals surface area contributed by atoms with Crippen LogP contribution in [0.5, 0.6) is 0 Å². The van der Waals surface area contributed by atoms with E-state index >= 15 is 0 Å². The van der Waals surface area contributed by atoms with Crippen LogP contribution in [-0.4, -0.2) is 9.55 Å². The number of hydrogen-bond acceptors (Lipinski definition) is 2. The van der Waals surface area contributed by atoms with Gasteiger partial charge >= 0.3 is 0 Å². The molecule has 0 aliphatic carbocycles. The molecule has 2 heterocycles. The van der Waals surface area contributed by atoms with E-state index in [1.165, 1.54) is 27.3 Å². The lowest BCUT2D eigenvalue weighted by molar-refractivity contribution is 1.18. The van der Waals surface area contributed by atoms with Gasteiger partial charge in [0.05, 0.1) is 16.6 Å². The number of nitrogens with zero attached hydrogens (tertiary/aromatic N) is 3. The summed E-state index contributed by atoms with van der Waals surface area (Å²) in [7, 11) is 0. The van der Waals surface area contributed by atoms with Crippen LogP contribution in [0.1, 0.15) is 5.56 Å². The molecule has 0 bridgehead atoms. The molecule has 5 aromatic carbocycles. The number of pyridine rings is 1. The van der Waals surface area contributed by atoms with Crippen LogP contribution in [0.25, 0.3) is 60.5 Å². The summed E-state index contributed by atoms with van der Waals surface area (Å²) < 4.78 is 2.36. The largest absolute Gasteiger partial charge is 0.309 e. The summed E-state index contributed by atoms with van der Waals surface area (Å²) in [5.74, 6) is 0. The minimum Gasteiger partial charge on any atom is -0.309 e. The number of rotatable bonds is 3. The van der Waals surface area contributed by atoms with E-state index in [2.05, 4.69) is 113 Å². The SMILES string of the molecule is N#Cc1cncc(-c2cc3c(c4ccccc24)c2ccc(-c4ccccc4)cc2n3-c2ccccc2)c1. The standard InChI is InChI=1S/C34H21N3/c35-20-23-17-26(22-36-21-23)31-19-33-34(29-14-8-7-13-28(29)31)30-16-15-25(24-9-3-1-4-10-24)18-32(30)37(33)27-11-5-2-6-12-27/h1-19,21-22H. The van der Waals surface area contributed by atoms with Gasteiger partial charge in [-0.05, 0) is 57.8 Å². The second-order valence-electron chi connectivity index (χ2n) is 9.21. The molecule has 3 nitrogen and oxygen atoms in total. The van der Waals surface area contributed by atoms with Crippen molar-refractivity contribution in [3.05, 3.63) is 133 Å². The smallest absolute Gasteiger partial charge is 0.101 e. The summed E-state index contributed by atoms with van der Waals surface area (Å²) in [6.07, 6.45) is 3.45. The Morgan fingerprint density at radius 3 is 2.08 bits per heavy atom. The molecule has 0 aliphatic heterocycles. The molecule has 0 amide bonds. The van der Waals surface area contributed by atoms with Crippen molar-refractivity contribution in [2.24, 2.45) is 0 Å². The molecule has 7 aromatic rings. The maximum Gasteiger partial charge on any atom is 0.101 e. The van der Waals surface area contributed by atoms with Crippen LogP contribution < -0.4 is 0 Å². The number of nitriles is 1. The Hall–Kier alpha value is -5.20. The second kappa shape index (κ2) is 8.48. The van der Waals surface area contributed by atoms with Gasteiger partial charge in [-0.15, -0.1) is 0 Å². The van der Waals surface area contributed by atoms with Crippen molar-refractivity contribution in [1.82, 2.24) is 9.55 Å². The summed E-state index contributed by atoms with van der Waals surface area (Å²) in [5, 5.41) is 14.3. The van der Waals surface area contributed by atoms with Gasteiger partial charge in [0.25, 0.3) is 0 Å². The van der Waals surface area contributed by atoms with E-state index < -0.39 is 0 Å². The van der Waals surface area contributed by atoms with Gasteiger partial charge in [0, 0.05) is 34.4 Å². The van der Waals surface area contributed by atoms with Crippen molar-refractivity contribution in [2.45, 2.75) is 0 Å². The average Bonchev–Trinajstić information content (AvgIpc) is 3.31. The lowest BCUT2D eigenvalue weighted by atomic mass is 9.95.